The highest BCUT2D eigenvalue weighted by Gasteiger charge is 2.07. The van der Waals surface area contributed by atoms with E-state index in [1.807, 2.05) is 24.3 Å². The van der Waals surface area contributed by atoms with Crippen molar-refractivity contribution in [1.82, 2.24) is 5.32 Å². The average molecular weight is 334 g/mol. The van der Waals surface area contributed by atoms with Crippen LogP contribution in [0.15, 0.2) is 48.5 Å². The number of aliphatic hydroxyl groups excluding tert-OH is 1. The topological polar surface area (TPSA) is 58.6 Å². The van der Waals surface area contributed by atoms with Crippen molar-refractivity contribution < 1.29 is 14.6 Å². The first-order chi connectivity index (χ1) is 11.1. The molecule has 0 aliphatic rings. The van der Waals surface area contributed by atoms with Gasteiger partial charge in [-0.3, -0.25) is 0 Å². The number of esters is 1. The van der Waals surface area contributed by atoms with E-state index in [1.54, 1.807) is 24.3 Å². The van der Waals surface area contributed by atoms with E-state index < -0.39 is 6.10 Å². The van der Waals surface area contributed by atoms with Gasteiger partial charge >= 0.3 is 5.97 Å². The zero-order chi connectivity index (χ0) is 16.7. The van der Waals surface area contributed by atoms with Gasteiger partial charge in [0.2, 0.25) is 0 Å². The quantitative estimate of drug-likeness (QED) is 0.604. The van der Waals surface area contributed by atoms with Crippen LogP contribution < -0.4 is 5.32 Å². The molecule has 0 radical (unpaired) electrons. The van der Waals surface area contributed by atoms with Crippen LogP contribution >= 0.6 is 11.6 Å². The molecule has 0 aromatic heterocycles. The summed E-state index contributed by atoms with van der Waals surface area (Å²) in [5, 5.41) is 13.9. The number of hydrogen-bond donors (Lipinski definition) is 2. The maximum absolute atomic E-state index is 11.3. The molecule has 2 rings (SSSR count). The molecule has 0 aliphatic heterocycles. The average Bonchev–Trinajstić information content (AvgIpc) is 2.58. The van der Waals surface area contributed by atoms with Crippen molar-refractivity contribution in [2.75, 3.05) is 20.2 Å². The fraction of sp³-hybridized carbons (Fsp3) is 0.278. The summed E-state index contributed by atoms with van der Waals surface area (Å²) in [7, 11) is 1.37. The van der Waals surface area contributed by atoms with Gasteiger partial charge in [0.1, 0.15) is 0 Å². The maximum atomic E-state index is 11.3. The molecule has 0 bridgehead atoms. The van der Waals surface area contributed by atoms with E-state index in [0.29, 0.717) is 17.1 Å². The van der Waals surface area contributed by atoms with E-state index >= 15 is 0 Å². The zero-order valence-electron chi connectivity index (χ0n) is 13.0. The molecule has 2 N–H and O–H groups in total. The fourth-order valence-electron chi connectivity index (χ4n) is 2.23. The summed E-state index contributed by atoms with van der Waals surface area (Å²) in [5.41, 5.74) is 2.45. The summed E-state index contributed by atoms with van der Waals surface area (Å²) in [6, 6.07) is 14.5. The first-order valence-electron chi connectivity index (χ1n) is 7.41. The number of methoxy groups -OCH3 is 1. The molecule has 122 valence electrons. The monoisotopic (exact) mass is 333 g/mol. The second-order valence-electron chi connectivity index (χ2n) is 5.21. The van der Waals surface area contributed by atoms with Crippen molar-refractivity contribution >= 4 is 17.6 Å². The Kier molecular flexibility index (Phi) is 6.59. The van der Waals surface area contributed by atoms with Gasteiger partial charge in [0, 0.05) is 11.6 Å². The minimum Gasteiger partial charge on any atom is -0.465 e. The number of carbonyl (C=O) groups is 1. The molecule has 2 aromatic rings. The molecule has 0 saturated heterocycles. The van der Waals surface area contributed by atoms with Crippen molar-refractivity contribution in [3.63, 3.8) is 0 Å². The van der Waals surface area contributed by atoms with Crippen LogP contribution in [0.25, 0.3) is 0 Å². The Morgan fingerprint density at radius 2 is 2.00 bits per heavy atom. The SMILES string of the molecule is COC(=O)c1ccc(CCNCC(O)c2cccc(Cl)c2)cc1. The zero-order valence-corrected chi connectivity index (χ0v) is 13.7. The highest BCUT2D eigenvalue weighted by molar-refractivity contribution is 6.30. The summed E-state index contributed by atoms with van der Waals surface area (Å²) in [6.45, 7) is 1.19. The summed E-state index contributed by atoms with van der Waals surface area (Å²) in [5.74, 6) is -0.334. The Bertz CT molecular complexity index is 643. The van der Waals surface area contributed by atoms with E-state index in [9.17, 15) is 9.90 Å². The van der Waals surface area contributed by atoms with Crippen LogP contribution in [-0.4, -0.2) is 31.3 Å². The van der Waals surface area contributed by atoms with Crippen LogP contribution in [0, 0.1) is 0 Å². The van der Waals surface area contributed by atoms with Crippen LogP contribution in [0.1, 0.15) is 27.6 Å². The third kappa shape index (κ3) is 5.36. The smallest absolute Gasteiger partial charge is 0.337 e. The first-order valence-corrected chi connectivity index (χ1v) is 7.79. The van der Waals surface area contributed by atoms with E-state index in [1.165, 1.54) is 7.11 Å². The molecule has 0 spiro atoms. The number of ether oxygens (including phenoxy) is 1. The molecule has 0 aliphatic carbocycles. The Hall–Kier alpha value is -1.88. The number of hydrogen-bond acceptors (Lipinski definition) is 4. The van der Waals surface area contributed by atoms with Gasteiger partial charge in [-0.15, -0.1) is 0 Å². The lowest BCUT2D eigenvalue weighted by molar-refractivity contribution is 0.0600. The van der Waals surface area contributed by atoms with Crippen molar-refractivity contribution in [1.29, 1.82) is 0 Å². The molecule has 1 atom stereocenters. The van der Waals surface area contributed by atoms with Gasteiger partial charge in [-0.05, 0) is 48.4 Å². The van der Waals surface area contributed by atoms with Crippen LogP contribution in [0.2, 0.25) is 5.02 Å². The molecule has 5 heteroatoms. The number of aliphatic hydroxyl groups is 1. The van der Waals surface area contributed by atoms with E-state index in [-0.39, 0.29) is 5.97 Å². The second-order valence-corrected chi connectivity index (χ2v) is 5.65. The van der Waals surface area contributed by atoms with E-state index in [0.717, 1.165) is 24.1 Å². The summed E-state index contributed by atoms with van der Waals surface area (Å²) < 4.78 is 4.66. The van der Waals surface area contributed by atoms with Crippen molar-refractivity contribution in [3.8, 4) is 0 Å². The summed E-state index contributed by atoms with van der Waals surface area (Å²) >= 11 is 5.91. The molecule has 2 aromatic carbocycles. The molecule has 0 amide bonds. The van der Waals surface area contributed by atoms with Crippen molar-refractivity contribution in [2.45, 2.75) is 12.5 Å². The summed E-state index contributed by atoms with van der Waals surface area (Å²) in [4.78, 5) is 11.3. The molecular weight excluding hydrogens is 314 g/mol. The molecule has 23 heavy (non-hydrogen) atoms. The standard InChI is InChI=1S/C18H20ClNO3/c1-23-18(22)14-7-5-13(6-8-14)9-10-20-12-17(21)15-3-2-4-16(19)11-15/h2-8,11,17,20-21H,9-10,12H2,1H3. The lowest BCUT2D eigenvalue weighted by Gasteiger charge is -2.12. The molecule has 0 saturated carbocycles. The number of nitrogens with one attached hydrogen (secondary N) is 1. The van der Waals surface area contributed by atoms with Crippen molar-refractivity contribution in [2.24, 2.45) is 0 Å². The molecule has 4 nitrogen and oxygen atoms in total. The minimum absolute atomic E-state index is 0.334. The molecule has 0 heterocycles. The normalized spacial score (nSPS) is 12.0. The number of benzene rings is 2. The molecule has 1 unspecified atom stereocenters. The first kappa shape index (κ1) is 17.5. The van der Waals surface area contributed by atoms with Crippen LogP contribution in [0.5, 0.6) is 0 Å². The third-order valence-corrected chi connectivity index (χ3v) is 3.77. The second kappa shape index (κ2) is 8.67. The predicted molar refractivity (Wildman–Crippen MR) is 90.8 cm³/mol. The highest BCUT2D eigenvalue weighted by atomic mass is 35.5. The number of carbonyl (C=O) groups excluding carboxylic acids is 1. The van der Waals surface area contributed by atoms with Gasteiger partial charge < -0.3 is 15.2 Å². The van der Waals surface area contributed by atoms with E-state index in [2.05, 4.69) is 10.1 Å². The highest BCUT2D eigenvalue weighted by Crippen LogP contribution is 2.17. The largest absolute Gasteiger partial charge is 0.465 e. The van der Waals surface area contributed by atoms with Gasteiger partial charge in [0.05, 0.1) is 18.8 Å². The number of halogens is 1. The molecular formula is C18H20ClNO3. The predicted octanol–water partition coefficient (Wildman–Crippen LogP) is 2.99. The van der Waals surface area contributed by atoms with Gasteiger partial charge in [0.15, 0.2) is 0 Å². The lowest BCUT2D eigenvalue weighted by atomic mass is 10.1. The summed E-state index contributed by atoms with van der Waals surface area (Å²) in [6.07, 6.45) is 0.222. The number of rotatable bonds is 7. The van der Waals surface area contributed by atoms with Gasteiger partial charge in [-0.2, -0.15) is 0 Å². The fourth-order valence-corrected chi connectivity index (χ4v) is 2.43. The van der Waals surface area contributed by atoms with Crippen LogP contribution in [0.4, 0.5) is 0 Å². The lowest BCUT2D eigenvalue weighted by Crippen LogP contribution is -2.23. The van der Waals surface area contributed by atoms with Gasteiger partial charge in [0.25, 0.3) is 0 Å². The maximum Gasteiger partial charge on any atom is 0.337 e. The van der Waals surface area contributed by atoms with Crippen LogP contribution in [0.3, 0.4) is 0 Å². The molecule has 0 fully saturated rings. The Morgan fingerprint density at radius 3 is 2.65 bits per heavy atom. The Morgan fingerprint density at radius 1 is 1.26 bits per heavy atom. The Balaban J connectivity index is 1.76. The van der Waals surface area contributed by atoms with Crippen molar-refractivity contribution in [3.05, 3.63) is 70.2 Å². The minimum atomic E-state index is -0.588. The van der Waals surface area contributed by atoms with Gasteiger partial charge in [-0.25, -0.2) is 4.79 Å². The van der Waals surface area contributed by atoms with E-state index in [4.69, 9.17) is 11.6 Å². The van der Waals surface area contributed by atoms with Crippen LogP contribution in [-0.2, 0) is 11.2 Å². The third-order valence-electron chi connectivity index (χ3n) is 3.54. The van der Waals surface area contributed by atoms with Gasteiger partial charge in [-0.1, -0.05) is 35.9 Å². The Labute approximate surface area is 141 Å².